The predicted octanol–water partition coefficient (Wildman–Crippen LogP) is 0.188. The maximum absolute atomic E-state index is 12.5. The van der Waals surface area contributed by atoms with Crippen molar-refractivity contribution in [1.29, 1.82) is 0 Å². The highest BCUT2D eigenvalue weighted by Gasteiger charge is 2.32. The maximum Gasteiger partial charge on any atom is 0.244 e. The van der Waals surface area contributed by atoms with Crippen molar-refractivity contribution in [3.8, 4) is 0 Å². The summed E-state index contributed by atoms with van der Waals surface area (Å²) < 4.78 is 50.4. The number of rotatable bonds is 3. The minimum atomic E-state index is -3.75. The fourth-order valence-electron chi connectivity index (χ4n) is 2.11. The number of benzene rings is 1. The summed E-state index contributed by atoms with van der Waals surface area (Å²) in [5, 5.41) is 0.0561. The van der Waals surface area contributed by atoms with Gasteiger partial charge in [0.25, 0.3) is 0 Å². The van der Waals surface area contributed by atoms with E-state index in [4.69, 9.17) is 17.3 Å². The molecule has 7 nitrogen and oxygen atoms in total. The Bertz CT molecular complexity index is 741. The van der Waals surface area contributed by atoms with Gasteiger partial charge in [-0.25, -0.2) is 16.8 Å². The minimum absolute atomic E-state index is 0.0221. The molecule has 2 N–H and O–H groups in total. The van der Waals surface area contributed by atoms with Gasteiger partial charge in [-0.1, -0.05) is 11.6 Å². The van der Waals surface area contributed by atoms with Gasteiger partial charge in [-0.3, -0.25) is 0 Å². The summed E-state index contributed by atoms with van der Waals surface area (Å²) in [6.07, 6.45) is 1.11. The second kappa shape index (κ2) is 5.73. The number of nitrogen functional groups attached to an aromatic ring is 1. The van der Waals surface area contributed by atoms with E-state index in [0.29, 0.717) is 5.69 Å². The molecule has 1 saturated heterocycles. The molecule has 1 fully saturated rings. The molecule has 0 unspecified atom stereocenters. The van der Waals surface area contributed by atoms with Crippen LogP contribution in [0.1, 0.15) is 0 Å². The normalized spacial score (nSPS) is 18.8. The van der Waals surface area contributed by atoms with Crippen LogP contribution in [-0.2, 0) is 20.0 Å². The van der Waals surface area contributed by atoms with Gasteiger partial charge in [-0.2, -0.15) is 8.61 Å². The minimum Gasteiger partial charge on any atom is -0.399 e. The second-order valence-corrected chi connectivity index (χ2v) is 9.05. The molecule has 0 amide bonds. The molecule has 1 aromatic rings. The van der Waals surface area contributed by atoms with Crippen LogP contribution in [0.2, 0.25) is 5.02 Å². The summed E-state index contributed by atoms with van der Waals surface area (Å²) in [5.41, 5.74) is 5.92. The Kier molecular flexibility index (Phi) is 4.50. The zero-order valence-corrected chi connectivity index (χ0v) is 13.7. The number of nitrogens with two attached hydrogens (primary N) is 1. The summed E-state index contributed by atoms with van der Waals surface area (Å²) >= 11 is 5.94. The van der Waals surface area contributed by atoms with Crippen molar-refractivity contribution in [2.75, 3.05) is 38.2 Å². The zero-order chi connectivity index (χ0) is 15.8. The smallest absolute Gasteiger partial charge is 0.244 e. The van der Waals surface area contributed by atoms with E-state index in [1.54, 1.807) is 0 Å². The number of nitrogens with zero attached hydrogens (tertiary/aromatic N) is 2. The van der Waals surface area contributed by atoms with Crippen molar-refractivity contribution < 1.29 is 16.8 Å². The van der Waals surface area contributed by atoms with Crippen LogP contribution < -0.4 is 5.73 Å². The third kappa shape index (κ3) is 3.49. The largest absolute Gasteiger partial charge is 0.399 e. The van der Waals surface area contributed by atoms with Crippen LogP contribution >= 0.6 is 11.6 Å². The average molecular weight is 354 g/mol. The molecule has 0 radical (unpaired) electrons. The van der Waals surface area contributed by atoms with Crippen LogP contribution in [-0.4, -0.2) is 57.9 Å². The first kappa shape index (κ1) is 16.5. The maximum atomic E-state index is 12.5. The standard InChI is InChI=1S/C11H16ClN3O4S2/c1-20(16,17)14-4-6-15(7-5-14)21(18,19)11-3-2-9(13)8-10(11)12/h2-3,8H,4-7,13H2,1H3. The molecule has 0 saturated carbocycles. The highest BCUT2D eigenvalue weighted by Crippen LogP contribution is 2.27. The lowest BCUT2D eigenvalue weighted by atomic mass is 10.3. The number of hydrogen-bond acceptors (Lipinski definition) is 5. The quantitative estimate of drug-likeness (QED) is 0.781. The molecule has 1 aliphatic heterocycles. The van der Waals surface area contributed by atoms with E-state index in [9.17, 15) is 16.8 Å². The van der Waals surface area contributed by atoms with Crippen molar-refractivity contribution >= 4 is 37.3 Å². The van der Waals surface area contributed by atoms with Gasteiger partial charge in [0.15, 0.2) is 0 Å². The van der Waals surface area contributed by atoms with E-state index in [2.05, 4.69) is 0 Å². The Labute approximate surface area is 129 Å². The van der Waals surface area contributed by atoms with Gasteiger partial charge in [-0.05, 0) is 18.2 Å². The number of halogens is 1. The molecule has 21 heavy (non-hydrogen) atoms. The number of piperazine rings is 1. The predicted molar refractivity (Wildman–Crippen MR) is 81.0 cm³/mol. The summed E-state index contributed by atoms with van der Waals surface area (Å²) in [4.78, 5) is -0.0221. The van der Waals surface area contributed by atoms with Crippen LogP contribution in [0.3, 0.4) is 0 Å². The van der Waals surface area contributed by atoms with Crippen molar-refractivity contribution in [2.45, 2.75) is 4.90 Å². The van der Waals surface area contributed by atoms with Crippen molar-refractivity contribution in [3.63, 3.8) is 0 Å². The van der Waals surface area contributed by atoms with Gasteiger partial charge in [0.05, 0.1) is 11.3 Å². The molecule has 1 aromatic carbocycles. The van der Waals surface area contributed by atoms with Crippen molar-refractivity contribution in [1.82, 2.24) is 8.61 Å². The van der Waals surface area contributed by atoms with Crippen LogP contribution in [0, 0.1) is 0 Å². The highest BCUT2D eigenvalue weighted by molar-refractivity contribution is 7.89. The third-order valence-corrected chi connectivity index (χ3v) is 6.93. The molecule has 1 aliphatic rings. The summed E-state index contributed by atoms with van der Waals surface area (Å²) in [6, 6.07) is 4.20. The first-order chi connectivity index (χ1) is 9.62. The number of anilines is 1. The average Bonchev–Trinajstić information content (AvgIpc) is 2.37. The van der Waals surface area contributed by atoms with Gasteiger partial charge >= 0.3 is 0 Å². The lowest BCUT2D eigenvalue weighted by Crippen LogP contribution is -2.50. The van der Waals surface area contributed by atoms with Crippen LogP contribution in [0.5, 0.6) is 0 Å². The van der Waals surface area contributed by atoms with Crippen molar-refractivity contribution in [3.05, 3.63) is 23.2 Å². The monoisotopic (exact) mass is 353 g/mol. The molecular formula is C11H16ClN3O4S2. The van der Waals surface area contributed by atoms with Gasteiger partial charge in [0.2, 0.25) is 20.0 Å². The summed E-state index contributed by atoms with van der Waals surface area (Å²) in [5.74, 6) is 0. The Hall–Kier alpha value is -0.870. The number of sulfonamides is 2. The highest BCUT2D eigenvalue weighted by atomic mass is 35.5. The molecule has 0 bridgehead atoms. The molecule has 0 aliphatic carbocycles. The topological polar surface area (TPSA) is 101 Å². The van der Waals surface area contributed by atoms with E-state index in [-0.39, 0.29) is 36.1 Å². The fraction of sp³-hybridized carbons (Fsp3) is 0.455. The van der Waals surface area contributed by atoms with Gasteiger partial charge in [0, 0.05) is 31.9 Å². The van der Waals surface area contributed by atoms with E-state index in [1.807, 2.05) is 0 Å². The van der Waals surface area contributed by atoms with Gasteiger partial charge in [-0.15, -0.1) is 0 Å². The molecule has 1 heterocycles. The summed E-state index contributed by atoms with van der Waals surface area (Å²) in [6.45, 7) is 0.446. The molecule has 0 atom stereocenters. The molecular weight excluding hydrogens is 338 g/mol. The fourth-order valence-corrected chi connectivity index (χ4v) is 4.88. The zero-order valence-electron chi connectivity index (χ0n) is 11.4. The Morgan fingerprint density at radius 2 is 1.57 bits per heavy atom. The third-order valence-electron chi connectivity index (χ3n) is 3.24. The first-order valence-electron chi connectivity index (χ1n) is 6.12. The molecule has 2 rings (SSSR count). The molecule has 118 valence electrons. The van der Waals surface area contributed by atoms with E-state index >= 15 is 0 Å². The lowest BCUT2D eigenvalue weighted by Gasteiger charge is -2.32. The van der Waals surface area contributed by atoms with E-state index < -0.39 is 20.0 Å². The van der Waals surface area contributed by atoms with E-state index in [1.165, 1.54) is 26.8 Å². The van der Waals surface area contributed by atoms with Crippen LogP contribution in [0.25, 0.3) is 0 Å². The Morgan fingerprint density at radius 1 is 1.05 bits per heavy atom. The lowest BCUT2D eigenvalue weighted by molar-refractivity contribution is 0.274. The van der Waals surface area contributed by atoms with Crippen LogP contribution in [0.4, 0.5) is 5.69 Å². The molecule has 10 heteroatoms. The van der Waals surface area contributed by atoms with Crippen LogP contribution in [0.15, 0.2) is 23.1 Å². The van der Waals surface area contributed by atoms with Gasteiger partial charge < -0.3 is 5.73 Å². The Morgan fingerprint density at radius 3 is 2.05 bits per heavy atom. The van der Waals surface area contributed by atoms with Gasteiger partial charge in [0.1, 0.15) is 4.90 Å². The molecule has 0 aromatic heterocycles. The van der Waals surface area contributed by atoms with Crippen molar-refractivity contribution in [2.24, 2.45) is 0 Å². The molecule has 0 spiro atoms. The summed E-state index contributed by atoms with van der Waals surface area (Å²) in [7, 11) is -7.06. The Balaban J connectivity index is 2.23. The number of hydrogen-bond donors (Lipinski definition) is 1. The SMILES string of the molecule is CS(=O)(=O)N1CCN(S(=O)(=O)c2ccc(N)cc2Cl)CC1. The second-order valence-electron chi connectivity index (χ2n) is 4.76. The van der Waals surface area contributed by atoms with E-state index in [0.717, 1.165) is 6.26 Å². The first-order valence-corrected chi connectivity index (χ1v) is 9.79.